The van der Waals surface area contributed by atoms with E-state index in [0.29, 0.717) is 0 Å². The highest BCUT2D eigenvalue weighted by Crippen LogP contribution is 2.06. The fourth-order valence-electron chi connectivity index (χ4n) is 0.517. The first kappa shape index (κ1) is 10.4. The summed E-state index contributed by atoms with van der Waals surface area (Å²) in [6.07, 6.45) is 0. The molecule has 3 nitrogen and oxygen atoms in total. The Morgan fingerprint density at radius 3 is 2.45 bits per heavy atom. The van der Waals surface area contributed by atoms with Gasteiger partial charge in [-0.1, -0.05) is 6.92 Å². The first-order chi connectivity index (χ1) is 4.95. The van der Waals surface area contributed by atoms with Crippen LogP contribution in [-0.2, 0) is 9.53 Å². The molecule has 1 N–H and O–H groups in total. The van der Waals surface area contributed by atoms with Crippen LogP contribution in [0.4, 0.5) is 0 Å². The van der Waals surface area contributed by atoms with Crippen LogP contribution in [0.2, 0.25) is 0 Å². The predicted octanol–water partition coefficient (Wildman–Crippen LogP) is 1.10. The Hall–Kier alpha value is -0.570. The van der Waals surface area contributed by atoms with Gasteiger partial charge in [0.1, 0.15) is 12.1 Å². The molecule has 0 atom stereocenters. The minimum Gasteiger partial charge on any atom is -0.459 e. The summed E-state index contributed by atoms with van der Waals surface area (Å²) in [5.74, 6) is -0.320. The van der Waals surface area contributed by atoms with Crippen LogP contribution >= 0.6 is 0 Å². The van der Waals surface area contributed by atoms with Gasteiger partial charge in [0.05, 0.1) is 0 Å². The molecule has 3 heteroatoms. The molecule has 0 aromatic rings. The number of hydrogen-bond donors (Lipinski definition) is 1. The zero-order chi connectivity index (χ0) is 8.91. The van der Waals surface area contributed by atoms with E-state index in [0.717, 1.165) is 6.54 Å². The number of nitrogens with one attached hydrogen (secondary N) is 1. The van der Waals surface area contributed by atoms with Gasteiger partial charge in [0, 0.05) is 0 Å². The van der Waals surface area contributed by atoms with E-state index in [9.17, 15) is 4.79 Å². The summed E-state index contributed by atoms with van der Waals surface area (Å²) in [6, 6.07) is 0. The van der Waals surface area contributed by atoms with Crippen molar-refractivity contribution >= 4 is 5.97 Å². The highest BCUT2D eigenvalue weighted by molar-refractivity contribution is 5.78. The molecular weight excluding hydrogens is 142 g/mol. The quantitative estimate of drug-likeness (QED) is 0.625. The summed E-state index contributed by atoms with van der Waals surface area (Å²) in [6.45, 7) is 9.51. The maximum atomic E-state index is 10.9. The van der Waals surface area contributed by atoms with Gasteiger partial charge in [-0.3, -0.25) is 4.79 Å². The highest BCUT2D eigenvalue weighted by atomic mass is 16.6. The van der Waals surface area contributed by atoms with Gasteiger partial charge in [0.25, 0.3) is 0 Å². The van der Waals surface area contributed by atoms with Crippen LogP contribution in [-0.4, -0.2) is 18.1 Å². The maximum Gasteiger partial charge on any atom is 0.325 e. The van der Waals surface area contributed by atoms with E-state index >= 15 is 0 Å². The second-order valence-corrected chi connectivity index (χ2v) is 3.24. The zero-order valence-corrected chi connectivity index (χ0v) is 7.60. The summed E-state index contributed by atoms with van der Waals surface area (Å²) in [5, 5.41) is 2.77. The molecule has 11 heavy (non-hydrogen) atoms. The number of rotatable bonds is 3. The van der Waals surface area contributed by atoms with Crippen molar-refractivity contribution in [3.8, 4) is 0 Å². The average Bonchev–Trinajstić information content (AvgIpc) is 1.79. The Kier molecular flexibility index (Phi) is 4.11. The van der Waals surface area contributed by atoms with Gasteiger partial charge in [0.15, 0.2) is 0 Å². The van der Waals surface area contributed by atoms with Crippen molar-refractivity contribution in [3.05, 3.63) is 6.54 Å². The molecule has 1 radical (unpaired) electrons. The van der Waals surface area contributed by atoms with Crippen LogP contribution in [0.5, 0.6) is 0 Å². The van der Waals surface area contributed by atoms with Gasteiger partial charge >= 0.3 is 5.97 Å². The minimum absolute atomic E-state index is 0.320. The van der Waals surface area contributed by atoms with E-state index in [1.54, 1.807) is 0 Å². The van der Waals surface area contributed by atoms with Crippen molar-refractivity contribution in [1.29, 1.82) is 0 Å². The third kappa shape index (κ3) is 7.33. The number of esters is 1. The molecule has 0 saturated carbocycles. The van der Waals surface area contributed by atoms with E-state index in [1.807, 2.05) is 27.7 Å². The van der Waals surface area contributed by atoms with Crippen molar-refractivity contribution in [2.24, 2.45) is 0 Å². The first-order valence-corrected chi connectivity index (χ1v) is 3.75. The van der Waals surface area contributed by atoms with Crippen molar-refractivity contribution in [1.82, 2.24) is 5.32 Å². The van der Waals surface area contributed by atoms with Crippen LogP contribution in [0.25, 0.3) is 0 Å². The number of likely N-dealkylation sites (N-methyl/N-ethyl adjacent to an activating group) is 1. The number of carbonyl (C=O) groups excluding carboxylic acids is 1. The van der Waals surface area contributed by atoms with Crippen LogP contribution in [0.3, 0.4) is 0 Å². The number of carbonyl (C=O) groups is 1. The smallest absolute Gasteiger partial charge is 0.325 e. The second kappa shape index (κ2) is 4.34. The average molecular weight is 158 g/mol. The van der Waals surface area contributed by atoms with Crippen molar-refractivity contribution < 1.29 is 9.53 Å². The van der Waals surface area contributed by atoms with Gasteiger partial charge < -0.3 is 10.1 Å². The molecule has 0 bridgehead atoms. The SMILES string of the molecule is CCN[CH]C(=O)OC(C)(C)C. The van der Waals surface area contributed by atoms with Gasteiger partial charge in [-0.25, -0.2) is 0 Å². The first-order valence-electron chi connectivity index (χ1n) is 3.75. The zero-order valence-electron chi connectivity index (χ0n) is 7.60. The lowest BCUT2D eigenvalue weighted by molar-refractivity contribution is -0.150. The normalized spacial score (nSPS) is 11.3. The molecule has 0 aliphatic heterocycles. The molecule has 0 unspecified atom stereocenters. The van der Waals surface area contributed by atoms with Crippen LogP contribution < -0.4 is 5.32 Å². The Morgan fingerprint density at radius 2 is 2.09 bits per heavy atom. The molecule has 0 aliphatic rings. The largest absolute Gasteiger partial charge is 0.459 e. The Bertz CT molecular complexity index is 127. The van der Waals surface area contributed by atoms with Crippen LogP contribution in [0, 0.1) is 6.54 Å². The molecule has 0 aliphatic carbocycles. The monoisotopic (exact) mass is 158 g/mol. The molecule has 0 amide bonds. The van der Waals surface area contributed by atoms with Gasteiger partial charge in [-0.2, -0.15) is 0 Å². The molecule has 0 saturated heterocycles. The summed E-state index contributed by atoms with van der Waals surface area (Å²) in [4.78, 5) is 10.9. The molecular formula is C8H16NO2. The number of ether oxygens (including phenoxy) is 1. The molecule has 65 valence electrons. The fourth-order valence-corrected chi connectivity index (χ4v) is 0.517. The van der Waals surface area contributed by atoms with E-state index in [2.05, 4.69) is 5.32 Å². The molecule has 0 aromatic heterocycles. The lowest BCUT2D eigenvalue weighted by atomic mass is 10.2. The minimum atomic E-state index is -0.400. The van der Waals surface area contributed by atoms with Crippen molar-refractivity contribution in [3.63, 3.8) is 0 Å². The Labute approximate surface area is 68.1 Å². The topological polar surface area (TPSA) is 38.3 Å². The molecule has 0 aromatic carbocycles. The third-order valence-corrected chi connectivity index (χ3v) is 0.831. The fraction of sp³-hybridized carbons (Fsp3) is 0.750. The lowest BCUT2D eigenvalue weighted by Crippen LogP contribution is -2.27. The lowest BCUT2D eigenvalue weighted by Gasteiger charge is -2.19. The van der Waals surface area contributed by atoms with Gasteiger partial charge in [-0.15, -0.1) is 0 Å². The molecule has 0 rings (SSSR count). The highest BCUT2D eigenvalue weighted by Gasteiger charge is 2.15. The summed E-state index contributed by atoms with van der Waals surface area (Å²) in [5.41, 5.74) is -0.400. The van der Waals surface area contributed by atoms with E-state index < -0.39 is 5.60 Å². The summed E-state index contributed by atoms with van der Waals surface area (Å²) in [7, 11) is 0. The Morgan fingerprint density at radius 1 is 1.55 bits per heavy atom. The van der Waals surface area contributed by atoms with Gasteiger partial charge in [0.2, 0.25) is 0 Å². The van der Waals surface area contributed by atoms with Crippen LogP contribution in [0.15, 0.2) is 0 Å². The third-order valence-electron chi connectivity index (χ3n) is 0.831. The summed E-state index contributed by atoms with van der Waals surface area (Å²) < 4.78 is 4.98. The molecule has 0 fully saturated rings. The van der Waals surface area contributed by atoms with E-state index in [-0.39, 0.29) is 5.97 Å². The standard InChI is InChI=1S/C8H16NO2/c1-5-9-6-7(10)11-8(2,3)4/h6,9H,5H2,1-4H3. The Balaban J connectivity index is 3.53. The van der Waals surface area contributed by atoms with Crippen molar-refractivity contribution in [2.75, 3.05) is 6.54 Å². The molecule has 0 spiro atoms. The predicted molar refractivity (Wildman–Crippen MR) is 43.8 cm³/mol. The van der Waals surface area contributed by atoms with Crippen LogP contribution in [0.1, 0.15) is 27.7 Å². The van der Waals surface area contributed by atoms with E-state index in [4.69, 9.17) is 4.74 Å². The van der Waals surface area contributed by atoms with Crippen molar-refractivity contribution in [2.45, 2.75) is 33.3 Å². The number of hydrogen-bond acceptors (Lipinski definition) is 3. The van der Waals surface area contributed by atoms with E-state index in [1.165, 1.54) is 6.54 Å². The summed E-state index contributed by atoms with van der Waals surface area (Å²) >= 11 is 0. The maximum absolute atomic E-state index is 10.9. The molecule has 0 heterocycles. The second-order valence-electron chi connectivity index (χ2n) is 3.24. The van der Waals surface area contributed by atoms with Gasteiger partial charge in [-0.05, 0) is 27.3 Å².